The third kappa shape index (κ3) is 7.94. The van der Waals surface area contributed by atoms with Crippen LogP contribution in [0.4, 0.5) is 0 Å². The summed E-state index contributed by atoms with van der Waals surface area (Å²) in [5.74, 6) is 1.79. The van der Waals surface area contributed by atoms with Crippen molar-refractivity contribution in [3.63, 3.8) is 0 Å². The summed E-state index contributed by atoms with van der Waals surface area (Å²) in [4.78, 5) is 7.07. The van der Waals surface area contributed by atoms with E-state index in [1.165, 1.54) is 0 Å². The van der Waals surface area contributed by atoms with Crippen LogP contribution in [0.3, 0.4) is 0 Å². The van der Waals surface area contributed by atoms with E-state index in [0.29, 0.717) is 12.6 Å². The number of nitrogens with one attached hydrogen (secondary N) is 2. The first-order chi connectivity index (χ1) is 11.6. The maximum Gasteiger partial charge on any atom is 0.191 e. The lowest BCUT2D eigenvalue weighted by Crippen LogP contribution is -2.42. The molecule has 0 amide bonds. The third-order valence-electron chi connectivity index (χ3n) is 4.45. The number of guanidine groups is 1. The van der Waals surface area contributed by atoms with Crippen molar-refractivity contribution in [3.05, 3.63) is 17.0 Å². The van der Waals surface area contributed by atoms with Crippen LogP contribution in [0.1, 0.15) is 58.1 Å². The van der Waals surface area contributed by atoms with E-state index in [2.05, 4.69) is 62.4 Å². The van der Waals surface area contributed by atoms with Gasteiger partial charge in [0.25, 0.3) is 0 Å². The number of nitrogens with zero attached hydrogens (tertiary/aromatic N) is 3. The number of aromatic nitrogens is 1. The van der Waals surface area contributed by atoms with Gasteiger partial charge in [0.15, 0.2) is 5.96 Å². The molecule has 6 nitrogen and oxygen atoms in total. The van der Waals surface area contributed by atoms with Crippen LogP contribution in [0.5, 0.6) is 0 Å². The van der Waals surface area contributed by atoms with E-state index in [1.807, 2.05) is 0 Å². The Morgan fingerprint density at radius 3 is 2.48 bits per heavy atom. The molecule has 0 spiro atoms. The zero-order valence-electron chi connectivity index (χ0n) is 16.7. The van der Waals surface area contributed by atoms with Gasteiger partial charge in [0, 0.05) is 37.7 Å². The van der Waals surface area contributed by atoms with Gasteiger partial charge in [0.2, 0.25) is 0 Å². The second-order valence-electron chi connectivity index (χ2n) is 6.10. The Bertz CT molecular complexity index is 482. The van der Waals surface area contributed by atoms with Crippen molar-refractivity contribution in [2.45, 2.75) is 66.5 Å². The molecule has 1 atom stereocenters. The first-order valence-corrected chi connectivity index (χ1v) is 9.25. The molecule has 25 heavy (non-hydrogen) atoms. The molecular weight excluding hydrogens is 429 g/mol. The highest BCUT2D eigenvalue weighted by Crippen LogP contribution is 2.16. The fourth-order valence-corrected chi connectivity index (χ4v) is 2.50. The summed E-state index contributed by atoms with van der Waals surface area (Å²) < 4.78 is 5.41. The molecule has 146 valence electrons. The van der Waals surface area contributed by atoms with Gasteiger partial charge in [0.05, 0.1) is 12.2 Å². The highest BCUT2D eigenvalue weighted by molar-refractivity contribution is 14.0. The summed E-state index contributed by atoms with van der Waals surface area (Å²) in [6.45, 7) is 14.0. The lowest BCUT2D eigenvalue weighted by atomic mass is 10.1. The Morgan fingerprint density at radius 1 is 1.20 bits per heavy atom. The van der Waals surface area contributed by atoms with Gasteiger partial charge in [-0.15, -0.1) is 24.0 Å². The van der Waals surface area contributed by atoms with Crippen LogP contribution in [-0.4, -0.2) is 48.7 Å². The molecule has 0 bridgehead atoms. The van der Waals surface area contributed by atoms with Gasteiger partial charge in [-0.3, -0.25) is 0 Å². The summed E-state index contributed by atoms with van der Waals surface area (Å²) >= 11 is 0. The van der Waals surface area contributed by atoms with Crippen LogP contribution in [-0.2, 0) is 19.4 Å². The monoisotopic (exact) mass is 465 g/mol. The van der Waals surface area contributed by atoms with Gasteiger partial charge in [-0.2, -0.15) is 0 Å². The molecule has 1 unspecified atom stereocenters. The molecule has 0 aliphatic rings. The molecule has 1 aromatic heterocycles. The minimum absolute atomic E-state index is 0. The number of rotatable bonds is 10. The second-order valence-corrected chi connectivity index (χ2v) is 6.10. The number of halogens is 1. The van der Waals surface area contributed by atoms with Crippen LogP contribution in [0.25, 0.3) is 0 Å². The van der Waals surface area contributed by atoms with Crippen molar-refractivity contribution >= 4 is 29.9 Å². The van der Waals surface area contributed by atoms with E-state index < -0.39 is 0 Å². The molecule has 0 aliphatic carbocycles. The Balaban J connectivity index is 0.00000576. The van der Waals surface area contributed by atoms with E-state index in [4.69, 9.17) is 9.52 Å². The lowest BCUT2D eigenvalue weighted by molar-refractivity contribution is 0.255. The van der Waals surface area contributed by atoms with Gasteiger partial charge in [-0.25, -0.2) is 4.99 Å². The van der Waals surface area contributed by atoms with Crippen LogP contribution in [0.2, 0.25) is 0 Å². The van der Waals surface area contributed by atoms with Crippen LogP contribution in [0, 0.1) is 0 Å². The van der Waals surface area contributed by atoms with Crippen molar-refractivity contribution in [1.29, 1.82) is 0 Å². The standard InChI is InChI=1S/C18H35N5O.HI/c1-7-14(5)23(6)12-11-20-18(19-10-4)21-13-15-16(8-2)22-24-17(15)9-3;/h14H,7-13H2,1-6H3,(H2,19,20,21);1H. The Kier molecular flexibility index (Phi) is 12.9. The predicted octanol–water partition coefficient (Wildman–Crippen LogP) is 3.20. The average Bonchev–Trinajstić information content (AvgIpc) is 3.00. The molecule has 1 aromatic rings. The highest BCUT2D eigenvalue weighted by atomic mass is 127. The minimum Gasteiger partial charge on any atom is -0.361 e. The van der Waals surface area contributed by atoms with E-state index in [-0.39, 0.29) is 24.0 Å². The van der Waals surface area contributed by atoms with E-state index in [1.54, 1.807) is 0 Å². The second kappa shape index (κ2) is 13.4. The zero-order valence-corrected chi connectivity index (χ0v) is 19.0. The van der Waals surface area contributed by atoms with Crippen molar-refractivity contribution in [3.8, 4) is 0 Å². The normalized spacial score (nSPS) is 12.8. The molecule has 1 rings (SSSR count). The molecular formula is C18H36IN5O. The SMILES string of the molecule is CCNC(=NCc1c(CC)noc1CC)NCCN(C)C(C)CC.I. The zero-order chi connectivity index (χ0) is 17.9. The molecule has 0 fully saturated rings. The number of hydrogen-bond acceptors (Lipinski definition) is 4. The van der Waals surface area contributed by atoms with Gasteiger partial charge >= 0.3 is 0 Å². The fraction of sp³-hybridized carbons (Fsp3) is 0.778. The smallest absolute Gasteiger partial charge is 0.191 e. The third-order valence-corrected chi connectivity index (χ3v) is 4.45. The molecule has 0 saturated heterocycles. The summed E-state index contributed by atoms with van der Waals surface area (Å²) in [5, 5.41) is 10.9. The highest BCUT2D eigenvalue weighted by Gasteiger charge is 2.13. The summed E-state index contributed by atoms with van der Waals surface area (Å²) in [5.41, 5.74) is 2.15. The fourth-order valence-electron chi connectivity index (χ4n) is 2.50. The van der Waals surface area contributed by atoms with Gasteiger partial charge in [-0.1, -0.05) is 25.9 Å². The van der Waals surface area contributed by atoms with Crippen LogP contribution >= 0.6 is 24.0 Å². The van der Waals surface area contributed by atoms with Crippen molar-refractivity contribution in [2.75, 3.05) is 26.7 Å². The lowest BCUT2D eigenvalue weighted by Gasteiger charge is -2.24. The summed E-state index contributed by atoms with van der Waals surface area (Å²) in [6.07, 6.45) is 2.89. The van der Waals surface area contributed by atoms with Gasteiger partial charge < -0.3 is 20.1 Å². The van der Waals surface area contributed by atoms with E-state index >= 15 is 0 Å². The first-order valence-electron chi connectivity index (χ1n) is 9.25. The Morgan fingerprint density at radius 2 is 1.92 bits per heavy atom. The minimum atomic E-state index is 0. The molecule has 2 N–H and O–H groups in total. The first kappa shape index (κ1) is 24.2. The Labute approximate surface area is 170 Å². The largest absolute Gasteiger partial charge is 0.361 e. The van der Waals surface area contributed by atoms with Gasteiger partial charge in [-0.05, 0) is 33.7 Å². The van der Waals surface area contributed by atoms with Crippen LogP contribution < -0.4 is 10.6 Å². The molecule has 0 saturated carbocycles. The predicted molar refractivity (Wildman–Crippen MR) is 116 cm³/mol. The average molecular weight is 465 g/mol. The molecule has 1 heterocycles. The number of hydrogen-bond donors (Lipinski definition) is 2. The molecule has 0 radical (unpaired) electrons. The van der Waals surface area contributed by atoms with E-state index in [9.17, 15) is 0 Å². The van der Waals surface area contributed by atoms with Crippen LogP contribution in [0.15, 0.2) is 9.52 Å². The molecule has 0 aliphatic heterocycles. The topological polar surface area (TPSA) is 65.7 Å². The van der Waals surface area contributed by atoms with Crippen molar-refractivity contribution in [1.82, 2.24) is 20.7 Å². The Hall–Kier alpha value is -0.830. The van der Waals surface area contributed by atoms with Crippen molar-refractivity contribution < 1.29 is 4.52 Å². The number of aliphatic imine (C=N–C) groups is 1. The molecule has 0 aromatic carbocycles. The molecule has 7 heteroatoms. The summed E-state index contributed by atoms with van der Waals surface area (Å²) in [6, 6.07) is 0.600. The quantitative estimate of drug-likeness (QED) is 0.316. The van der Waals surface area contributed by atoms with Gasteiger partial charge in [0.1, 0.15) is 5.76 Å². The number of aryl methyl sites for hydroxylation is 2. The maximum atomic E-state index is 5.41. The number of likely N-dealkylation sites (N-methyl/N-ethyl adjacent to an activating group) is 1. The van der Waals surface area contributed by atoms with Crippen molar-refractivity contribution in [2.24, 2.45) is 4.99 Å². The maximum absolute atomic E-state index is 5.41. The summed E-state index contributed by atoms with van der Waals surface area (Å²) in [7, 11) is 2.16. The van der Waals surface area contributed by atoms with E-state index in [0.717, 1.165) is 61.9 Å².